The molecule has 1 aromatic heterocycles. The van der Waals surface area contributed by atoms with E-state index in [0.717, 1.165) is 12.1 Å². The van der Waals surface area contributed by atoms with Crippen LogP contribution in [-0.4, -0.2) is 20.9 Å². The number of carboxylic acids is 1. The van der Waals surface area contributed by atoms with Gasteiger partial charge in [-0.05, 0) is 49.2 Å². The molecule has 0 atom stereocenters. The van der Waals surface area contributed by atoms with E-state index in [1.807, 2.05) is 6.07 Å². The van der Waals surface area contributed by atoms with Gasteiger partial charge in [0.05, 0.1) is 28.7 Å². The summed E-state index contributed by atoms with van der Waals surface area (Å²) in [5.74, 6) is -5.95. The molecule has 1 heterocycles. The molecule has 0 aliphatic rings. The third-order valence-corrected chi connectivity index (χ3v) is 4.35. The molecular weight excluding hydrogens is 371 g/mol. The number of benzene rings is 2. The molecule has 0 saturated heterocycles. The van der Waals surface area contributed by atoms with Crippen LogP contribution in [0.1, 0.15) is 34.1 Å². The highest BCUT2D eigenvalue weighted by atomic mass is 19.2. The summed E-state index contributed by atoms with van der Waals surface area (Å²) in [6, 6.07) is 8.30. The van der Waals surface area contributed by atoms with E-state index in [-0.39, 0.29) is 23.4 Å². The molecule has 142 valence electrons. The second kappa shape index (κ2) is 7.19. The summed E-state index contributed by atoms with van der Waals surface area (Å²) in [4.78, 5) is 11.9. The van der Waals surface area contributed by atoms with Crippen molar-refractivity contribution in [1.29, 1.82) is 5.26 Å². The molecule has 2 aromatic carbocycles. The fraction of sp³-hybridized carbons (Fsp3) is 0.150. The largest absolute Gasteiger partial charge is 0.478 e. The van der Waals surface area contributed by atoms with Crippen LogP contribution in [0.15, 0.2) is 30.3 Å². The number of aryl methyl sites for hydroxylation is 2. The van der Waals surface area contributed by atoms with Gasteiger partial charge in [0, 0.05) is 5.56 Å². The Labute approximate surface area is 158 Å². The molecule has 0 aliphatic heterocycles. The van der Waals surface area contributed by atoms with Crippen LogP contribution < -0.4 is 0 Å². The molecule has 1 N–H and O–H groups in total. The number of rotatable bonds is 4. The first kappa shape index (κ1) is 19.2. The topological polar surface area (TPSA) is 78.9 Å². The minimum atomic E-state index is -1.70. The average Bonchev–Trinajstić information content (AvgIpc) is 3.05. The Morgan fingerprint density at radius 2 is 1.93 bits per heavy atom. The van der Waals surface area contributed by atoms with Gasteiger partial charge in [0.15, 0.2) is 17.5 Å². The summed E-state index contributed by atoms with van der Waals surface area (Å²) in [7, 11) is 0. The molecule has 3 aromatic rings. The van der Waals surface area contributed by atoms with Gasteiger partial charge in [0.25, 0.3) is 0 Å². The Kier molecular flexibility index (Phi) is 4.92. The minimum Gasteiger partial charge on any atom is -0.478 e. The zero-order valence-corrected chi connectivity index (χ0v) is 14.9. The van der Waals surface area contributed by atoms with Crippen LogP contribution >= 0.6 is 0 Å². The normalized spacial score (nSPS) is 10.7. The predicted octanol–water partition coefficient (Wildman–Crippen LogP) is 4.40. The van der Waals surface area contributed by atoms with E-state index >= 15 is 0 Å². The minimum absolute atomic E-state index is 0.162. The molecule has 8 heteroatoms. The highest BCUT2D eigenvalue weighted by molar-refractivity contribution is 5.97. The number of nitrogens with zero attached hydrogens (tertiary/aromatic N) is 3. The van der Waals surface area contributed by atoms with Gasteiger partial charge in [-0.3, -0.25) is 0 Å². The first-order valence-electron chi connectivity index (χ1n) is 8.30. The number of hydrogen-bond acceptors (Lipinski definition) is 3. The van der Waals surface area contributed by atoms with E-state index in [1.54, 1.807) is 19.9 Å². The molecule has 0 radical (unpaired) electrons. The van der Waals surface area contributed by atoms with E-state index in [0.29, 0.717) is 16.8 Å². The van der Waals surface area contributed by atoms with Crippen LogP contribution in [0.4, 0.5) is 13.2 Å². The Morgan fingerprint density at radius 3 is 2.50 bits per heavy atom. The molecule has 0 fully saturated rings. The lowest BCUT2D eigenvalue weighted by atomic mass is 10.0. The van der Waals surface area contributed by atoms with Crippen LogP contribution in [-0.2, 0) is 6.42 Å². The highest BCUT2D eigenvalue weighted by Gasteiger charge is 2.28. The molecule has 0 spiro atoms. The van der Waals surface area contributed by atoms with E-state index in [2.05, 4.69) is 5.10 Å². The van der Waals surface area contributed by atoms with Crippen molar-refractivity contribution in [3.05, 3.63) is 70.2 Å². The fourth-order valence-electron chi connectivity index (χ4n) is 3.03. The Hall–Kier alpha value is -3.60. The second-order valence-corrected chi connectivity index (χ2v) is 6.08. The van der Waals surface area contributed by atoms with E-state index in [4.69, 9.17) is 5.26 Å². The van der Waals surface area contributed by atoms with Crippen molar-refractivity contribution in [2.24, 2.45) is 0 Å². The van der Waals surface area contributed by atoms with Crippen molar-refractivity contribution in [3.63, 3.8) is 0 Å². The molecule has 0 aliphatic carbocycles. The maximum Gasteiger partial charge on any atom is 0.339 e. The molecule has 5 nitrogen and oxygen atoms in total. The SMILES string of the molecule is CCc1nn(-c2ccc(C#N)cc2C)c(-c2ccc(F)c(F)c2F)c1C(=O)O. The number of aromatic nitrogens is 2. The van der Waals surface area contributed by atoms with Crippen LogP contribution in [0.5, 0.6) is 0 Å². The third kappa shape index (κ3) is 3.01. The van der Waals surface area contributed by atoms with Crippen molar-refractivity contribution >= 4 is 5.97 Å². The van der Waals surface area contributed by atoms with Gasteiger partial charge in [-0.2, -0.15) is 10.4 Å². The number of hydrogen-bond donors (Lipinski definition) is 1. The highest BCUT2D eigenvalue weighted by Crippen LogP contribution is 2.34. The monoisotopic (exact) mass is 385 g/mol. The zero-order chi connectivity index (χ0) is 20.6. The number of aromatic carboxylic acids is 1. The summed E-state index contributed by atoms with van der Waals surface area (Å²) >= 11 is 0. The molecule has 3 rings (SSSR count). The van der Waals surface area contributed by atoms with Crippen LogP contribution in [0.25, 0.3) is 16.9 Å². The maximum absolute atomic E-state index is 14.5. The molecular formula is C20H14F3N3O2. The average molecular weight is 385 g/mol. The van der Waals surface area contributed by atoms with Crippen molar-refractivity contribution in [1.82, 2.24) is 9.78 Å². The summed E-state index contributed by atoms with van der Waals surface area (Å²) in [5, 5.41) is 23.0. The number of nitriles is 1. The smallest absolute Gasteiger partial charge is 0.339 e. The lowest BCUT2D eigenvalue weighted by Gasteiger charge is -2.12. The summed E-state index contributed by atoms with van der Waals surface area (Å²) in [6.07, 6.45) is 0.224. The van der Waals surface area contributed by atoms with Crippen molar-refractivity contribution in [3.8, 4) is 23.0 Å². The van der Waals surface area contributed by atoms with Crippen LogP contribution in [0.2, 0.25) is 0 Å². The Morgan fingerprint density at radius 1 is 1.21 bits per heavy atom. The zero-order valence-electron chi connectivity index (χ0n) is 14.9. The molecule has 0 bridgehead atoms. The van der Waals surface area contributed by atoms with Crippen LogP contribution in [0.3, 0.4) is 0 Å². The second-order valence-electron chi connectivity index (χ2n) is 6.08. The quantitative estimate of drug-likeness (QED) is 0.676. The Balaban J connectivity index is 2.42. The molecule has 0 saturated carbocycles. The molecule has 0 amide bonds. The van der Waals surface area contributed by atoms with Crippen LogP contribution in [0, 0.1) is 35.7 Å². The third-order valence-electron chi connectivity index (χ3n) is 4.35. The summed E-state index contributed by atoms with van der Waals surface area (Å²) < 4.78 is 43.0. The number of carboxylic acid groups (broad SMARTS) is 1. The first-order chi connectivity index (χ1) is 13.3. The summed E-state index contributed by atoms with van der Waals surface area (Å²) in [5.41, 5.74) is 0.584. The standard InChI is InChI=1S/C20H14F3N3O2/c1-3-14-16(20(27)28)19(12-5-6-13(21)18(23)17(12)22)26(25-14)15-7-4-11(9-24)8-10(15)2/h4-8H,3H2,1-2H3,(H,27,28). The Bertz CT molecular complexity index is 1150. The van der Waals surface area contributed by atoms with E-state index in [1.165, 1.54) is 16.8 Å². The fourth-order valence-corrected chi connectivity index (χ4v) is 3.03. The van der Waals surface area contributed by atoms with Crippen molar-refractivity contribution in [2.45, 2.75) is 20.3 Å². The summed E-state index contributed by atoms with van der Waals surface area (Å²) in [6.45, 7) is 3.35. The van der Waals surface area contributed by atoms with E-state index < -0.39 is 29.0 Å². The van der Waals surface area contributed by atoms with Gasteiger partial charge in [0.1, 0.15) is 5.56 Å². The van der Waals surface area contributed by atoms with Crippen molar-refractivity contribution < 1.29 is 23.1 Å². The molecule has 0 unspecified atom stereocenters. The first-order valence-corrected chi connectivity index (χ1v) is 8.30. The van der Waals surface area contributed by atoms with Gasteiger partial charge in [-0.25, -0.2) is 22.6 Å². The number of halogens is 3. The maximum atomic E-state index is 14.5. The number of carbonyl (C=O) groups is 1. The van der Waals surface area contributed by atoms with E-state index in [9.17, 15) is 23.1 Å². The lowest BCUT2D eigenvalue weighted by Crippen LogP contribution is -2.07. The van der Waals surface area contributed by atoms with Gasteiger partial charge in [-0.15, -0.1) is 0 Å². The predicted molar refractivity (Wildman–Crippen MR) is 94.7 cm³/mol. The van der Waals surface area contributed by atoms with Gasteiger partial charge in [-0.1, -0.05) is 6.92 Å². The molecule has 28 heavy (non-hydrogen) atoms. The van der Waals surface area contributed by atoms with Crippen molar-refractivity contribution in [2.75, 3.05) is 0 Å². The van der Waals surface area contributed by atoms with Gasteiger partial charge < -0.3 is 5.11 Å². The lowest BCUT2D eigenvalue weighted by molar-refractivity contribution is 0.0696. The van der Waals surface area contributed by atoms with Gasteiger partial charge >= 0.3 is 5.97 Å². The van der Waals surface area contributed by atoms with Gasteiger partial charge in [0.2, 0.25) is 0 Å².